The number of nitrogens with two attached hydrogens (primary N) is 1. The Labute approximate surface area is 113 Å². The minimum absolute atomic E-state index is 0.648. The number of aromatic nitrogens is 3. The Morgan fingerprint density at radius 2 is 2.37 bits per heavy atom. The molecule has 0 amide bonds. The van der Waals surface area contributed by atoms with Crippen LogP contribution >= 0.6 is 0 Å². The van der Waals surface area contributed by atoms with Gasteiger partial charge in [0.1, 0.15) is 5.82 Å². The fourth-order valence-corrected chi connectivity index (χ4v) is 3.02. The monoisotopic (exact) mass is 259 g/mol. The Hall–Kier alpha value is -1.62. The summed E-state index contributed by atoms with van der Waals surface area (Å²) >= 11 is 0. The average Bonchev–Trinajstić information content (AvgIpc) is 2.84. The van der Waals surface area contributed by atoms with Crippen molar-refractivity contribution >= 4 is 11.5 Å². The van der Waals surface area contributed by atoms with Crippen LogP contribution in [-0.2, 0) is 6.42 Å². The molecule has 1 fully saturated rings. The predicted octanol–water partition coefficient (Wildman–Crippen LogP) is 1.59. The first-order valence-corrected chi connectivity index (χ1v) is 7.07. The van der Waals surface area contributed by atoms with Crippen molar-refractivity contribution in [3.05, 3.63) is 24.0 Å². The fraction of sp³-hybridized carbons (Fsp3) is 0.571. The van der Waals surface area contributed by atoms with Gasteiger partial charge in [0.25, 0.3) is 0 Å². The summed E-state index contributed by atoms with van der Waals surface area (Å²) in [6.45, 7) is 5.82. The van der Waals surface area contributed by atoms with Gasteiger partial charge >= 0.3 is 0 Å². The van der Waals surface area contributed by atoms with E-state index in [1.165, 1.54) is 31.5 Å². The number of nitrogens with zero attached hydrogens (tertiary/aromatic N) is 4. The highest BCUT2D eigenvalue weighted by molar-refractivity contribution is 5.51. The number of fused-ring (bicyclic) bond motifs is 1. The third-order valence-corrected chi connectivity index (χ3v) is 4.06. The Kier molecular flexibility index (Phi) is 3.38. The number of hydrogen-bond acceptors (Lipinski definition) is 4. The molecule has 19 heavy (non-hydrogen) atoms. The van der Waals surface area contributed by atoms with Crippen LogP contribution in [0.2, 0.25) is 0 Å². The molecule has 2 aromatic rings. The Bertz CT molecular complexity index is 562. The SMILES string of the molecule is CCN1CCCC(Cc2cnn3c(N)ccnc23)C1. The lowest BCUT2D eigenvalue weighted by Crippen LogP contribution is -2.35. The molecule has 1 saturated heterocycles. The molecule has 0 bridgehead atoms. The maximum absolute atomic E-state index is 5.90. The summed E-state index contributed by atoms with van der Waals surface area (Å²) in [6.07, 6.45) is 7.33. The number of anilines is 1. The van der Waals surface area contributed by atoms with Crippen LogP contribution in [0.1, 0.15) is 25.3 Å². The number of likely N-dealkylation sites (tertiary alicyclic amines) is 1. The molecular formula is C14H21N5. The normalized spacial score (nSPS) is 21.0. The van der Waals surface area contributed by atoms with Gasteiger partial charge in [-0.2, -0.15) is 9.61 Å². The van der Waals surface area contributed by atoms with E-state index in [9.17, 15) is 0 Å². The summed E-state index contributed by atoms with van der Waals surface area (Å²) in [7, 11) is 0. The van der Waals surface area contributed by atoms with Crippen molar-refractivity contribution in [3.8, 4) is 0 Å². The van der Waals surface area contributed by atoms with Crippen molar-refractivity contribution in [2.75, 3.05) is 25.4 Å². The van der Waals surface area contributed by atoms with Crippen LogP contribution in [-0.4, -0.2) is 39.1 Å². The quantitative estimate of drug-likeness (QED) is 0.909. The van der Waals surface area contributed by atoms with Crippen molar-refractivity contribution in [3.63, 3.8) is 0 Å². The Morgan fingerprint density at radius 3 is 3.21 bits per heavy atom. The van der Waals surface area contributed by atoms with Crippen molar-refractivity contribution in [2.24, 2.45) is 5.92 Å². The van der Waals surface area contributed by atoms with Crippen LogP contribution in [0.5, 0.6) is 0 Å². The second-order valence-corrected chi connectivity index (χ2v) is 5.38. The maximum Gasteiger partial charge on any atom is 0.160 e. The van der Waals surface area contributed by atoms with E-state index in [1.54, 1.807) is 16.8 Å². The van der Waals surface area contributed by atoms with Crippen molar-refractivity contribution < 1.29 is 0 Å². The Morgan fingerprint density at radius 1 is 1.47 bits per heavy atom. The maximum atomic E-state index is 5.90. The molecule has 0 radical (unpaired) electrons. The molecule has 102 valence electrons. The molecule has 0 spiro atoms. The lowest BCUT2D eigenvalue weighted by Gasteiger charge is -2.31. The summed E-state index contributed by atoms with van der Waals surface area (Å²) in [5, 5.41) is 4.34. The van der Waals surface area contributed by atoms with Crippen LogP contribution in [0, 0.1) is 5.92 Å². The smallest absolute Gasteiger partial charge is 0.160 e. The standard InChI is InChI=1S/C14H21N5/c1-2-18-7-3-4-11(10-18)8-12-9-17-19-13(15)5-6-16-14(12)19/h5-6,9,11H,2-4,7-8,10,15H2,1H3. The summed E-state index contributed by atoms with van der Waals surface area (Å²) in [5.41, 5.74) is 8.03. The molecule has 2 N–H and O–H groups in total. The third kappa shape index (κ3) is 2.42. The average molecular weight is 259 g/mol. The largest absolute Gasteiger partial charge is 0.384 e. The van der Waals surface area contributed by atoms with E-state index in [1.807, 2.05) is 6.20 Å². The first kappa shape index (κ1) is 12.4. The van der Waals surface area contributed by atoms with Gasteiger partial charge in [0, 0.05) is 18.3 Å². The van der Waals surface area contributed by atoms with E-state index in [-0.39, 0.29) is 0 Å². The molecule has 5 heteroatoms. The van der Waals surface area contributed by atoms with Gasteiger partial charge in [0.15, 0.2) is 5.65 Å². The van der Waals surface area contributed by atoms with Gasteiger partial charge in [0.05, 0.1) is 6.20 Å². The van der Waals surface area contributed by atoms with E-state index in [2.05, 4.69) is 21.9 Å². The number of nitrogen functional groups attached to an aromatic ring is 1. The topological polar surface area (TPSA) is 59.5 Å². The van der Waals surface area contributed by atoms with Crippen molar-refractivity contribution in [1.82, 2.24) is 19.5 Å². The lowest BCUT2D eigenvalue weighted by molar-refractivity contribution is 0.182. The lowest BCUT2D eigenvalue weighted by atomic mass is 9.92. The second-order valence-electron chi connectivity index (χ2n) is 5.38. The van der Waals surface area contributed by atoms with Crippen LogP contribution < -0.4 is 5.73 Å². The third-order valence-electron chi connectivity index (χ3n) is 4.06. The highest BCUT2D eigenvalue weighted by atomic mass is 15.3. The zero-order valence-electron chi connectivity index (χ0n) is 11.4. The van der Waals surface area contributed by atoms with Crippen molar-refractivity contribution in [1.29, 1.82) is 0 Å². The molecule has 0 saturated carbocycles. The number of piperidine rings is 1. The molecule has 0 aliphatic carbocycles. The van der Waals surface area contributed by atoms with E-state index < -0.39 is 0 Å². The molecule has 2 aromatic heterocycles. The van der Waals surface area contributed by atoms with Gasteiger partial charge in [-0.05, 0) is 44.3 Å². The number of hydrogen-bond donors (Lipinski definition) is 1. The van der Waals surface area contributed by atoms with Crippen LogP contribution in [0.25, 0.3) is 5.65 Å². The second kappa shape index (κ2) is 5.17. The molecule has 1 aliphatic rings. The number of rotatable bonds is 3. The minimum Gasteiger partial charge on any atom is -0.384 e. The predicted molar refractivity (Wildman–Crippen MR) is 75.9 cm³/mol. The molecule has 5 nitrogen and oxygen atoms in total. The van der Waals surface area contributed by atoms with Gasteiger partial charge in [-0.1, -0.05) is 6.92 Å². The highest BCUT2D eigenvalue weighted by Crippen LogP contribution is 2.22. The van der Waals surface area contributed by atoms with Crippen LogP contribution in [0.3, 0.4) is 0 Å². The first-order chi connectivity index (χ1) is 9.28. The van der Waals surface area contributed by atoms with Gasteiger partial charge < -0.3 is 10.6 Å². The van der Waals surface area contributed by atoms with E-state index >= 15 is 0 Å². The van der Waals surface area contributed by atoms with E-state index in [0.29, 0.717) is 11.7 Å². The highest BCUT2D eigenvalue weighted by Gasteiger charge is 2.20. The molecule has 1 aliphatic heterocycles. The van der Waals surface area contributed by atoms with Gasteiger partial charge in [-0.25, -0.2) is 4.98 Å². The molecular weight excluding hydrogens is 238 g/mol. The summed E-state index contributed by atoms with van der Waals surface area (Å²) in [6, 6.07) is 1.78. The molecule has 3 heterocycles. The van der Waals surface area contributed by atoms with E-state index in [0.717, 1.165) is 18.6 Å². The molecule has 0 aromatic carbocycles. The summed E-state index contributed by atoms with van der Waals surface area (Å²) in [4.78, 5) is 6.94. The molecule has 3 rings (SSSR count). The van der Waals surface area contributed by atoms with Crippen LogP contribution in [0.4, 0.5) is 5.82 Å². The minimum atomic E-state index is 0.648. The van der Waals surface area contributed by atoms with Gasteiger partial charge in [-0.3, -0.25) is 0 Å². The zero-order chi connectivity index (χ0) is 13.2. The van der Waals surface area contributed by atoms with E-state index in [4.69, 9.17) is 5.73 Å². The molecule has 1 unspecified atom stereocenters. The van der Waals surface area contributed by atoms with Gasteiger partial charge in [-0.15, -0.1) is 0 Å². The van der Waals surface area contributed by atoms with Gasteiger partial charge in [0.2, 0.25) is 0 Å². The Balaban J connectivity index is 1.80. The summed E-state index contributed by atoms with van der Waals surface area (Å²) in [5.74, 6) is 1.36. The molecule has 1 atom stereocenters. The van der Waals surface area contributed by atoms with Crippen molar-refractivity contribution in [2.45, 2.75) is 26.2 Å². The summed E-state index contributed by atoms with van der Waals surface area (Å²) < 4.78 is 1.73. The van der Waals surface area contributed by atoms with Crippen LogP contribution in [0.15, 0.2) is 18.5 Å². The first-order valence-electron chi connectivity index (χ1n) is 7.07. The zero-order valence-corrected chi connectivity index (χ0v) is 11.4. The fourth-order valence-electron chi connectivity index (χ4n) is 3.02.